The summed E-state index contributed by atoms with van der Waals surface area (Å²) in [6, 6.07) is 10.4. The molecule has 0 spiro atoms. The summed E-state index contributed by atoms with van der Waals surface area (Å²) < 4.78 is 5.57. The number of hydrogen-bond donors (Lipinski definition) is 1. The van der Waals surface area contributed by atoms with Crippen LogP contribution in [0.1, 0.15) is 5.56 Å². The van der Waals surface area contributed by atoms with Gasteiger partial charge in [-0.15, -0.1) is 0 Å². The summed E-state index contributed by atoms with van der Waals surface area (Å²) in [7, 11) is 5.55. The summed E-state index contributed by atoms with van der Waals surface area (Å²) >= 11 is 6.28. The van der Waals surface area contributed by atoms with Gasteiger partial charge >= 0.3 is 0 Å². The van der Waals surface area contributed by atoms with Crippen LogP contribution in [0.2, 0.25) is 5.02 Å². The Morgan fingerprint density at radius 2 is 2.03 bits per heavy atom. The molecule has 2 aromatic rings. The van der Waals surface area contributed by atoms with Crippen molar-refractivity contribution in [3.63, 3.8) is 0 Å². The van der Waals surface area contributed by atoms with Gasteiger partial charge in [-0.2, -0.15) is 0 Å². The minimum atomic E-state index is -0.387. The quantitative estimate of drug-likeness (QED) is 0.474. The Morgan fingerprint density at radius 1 is 1.24 bits per heavy atom. The predicted molar refractivity (Wildman–Crippen MR) is 133 cm³/mol. The lowest BCUT2D eigenvalue weighted by atomic mass is 9.83. The second kappa shape index (κ2) is 10.1. The molecule has 9 nitrogen and oxygen atoms in total. The van der Waals surface area contributed by atoms with Crippen LogP contribution in [-0.4, -0.2) is 75.7 Å². The van der Waals surface area contributed by atoms with Gasteiger partial charge in [0.2, 0.25) is 5.91 Å². The summed E-state index contributed by atoms with van der Waals surface area (Å²) in [6.45, 7) is 3.27. The second-order valence-corrected chi connectivity index (χ2v) is 9.43. The molecule has 0 radical (unpaired) electrons. The Balaban J connectivity index is 1.66. The number of benzene rings is 2. The number of hydrogen-bond acceptors (Lipinski definition) is 7. The van der Waals surface area contributed by atoms with Crippen LogP contribution >= 0.6 is 11.6 Å². The van der Waals surface area contributed by atoms with E-state index in [2.05, 4.69) is 15.1 Å². The summed E-state index contributed by atoms with van der Waals surface area (Å²) in [5.74, 6) is 0.357. The van der Waals surface area contributed by atoms with Crippen molar-refractivity contribution in [3.05, 3.63) is 57.1 Å². The number of likely N-dealkylation sites (N-methyl/N-ethyl adjacent to an activating group) is 1. The van der Waals surface area contributed by atoms with E-state index >= 15 is 0 Å². The van der Waals surface area contributed by atoms with E-state index in [1.54, 1.807) is 25.3 Å². The number of nitro groups is 1. The van der Waals surface area contributed by atoms with Crippen molar-refractivity contribution >= 4 is 34.6 Å². The summed E-state index contributed by atoms with van der Waals surface area (Å²) in [5, 5.41) is 15.0. The largest absolute Gasteiger partial charge is 0.495 e. The van der Waals surface area contributed by atoms with Crippen LogP contribution in [0.3, 0.4) is 0 Å². The molecule has 2 heterocycles. The number of methoxy groups -OCH3 is 1. The molecule has 1 amide bonds. The van der Waals surface area contributed by atoms with Gasteiger partial charge in [-0.25, -0.2) is 0 Å². The third-order valence-corrected chi connectivity index (χ3v) is 6.82. The second-order valence-electron chi connectivity index (χ2n) is 9.00. The van der Waals surface area contributed by atoms with Gasteiger partial charge in [0.15, 0.2) is 0 Å². The Morgan fingerprint density at radius 3 is 2.74 bits per heavy atom. The van der Waals surface area contributed by atoms with Crippen LogP contribution in [0, 0.1) is 16.0 Å². The third kappa shape index (κ3) is 4.90. The van der Waals surface area contributed by atoms with E-state index in [-0.39, 0.29) is 28.5 Å². The van der Waals surface area contributed by atoms with Gasteiger partial charge in [0, 0.05) is 55.6 Å². The van der Waals surface area contributed by atoms with E-state index < -0.39 is 0 Å². The first-order valence-corrected chi connectivity index (χ1v) is 11.7. The van der Waals surface area contributed by atoms with Gasteiger partial charge < -0.3 is 24.8 Å². The molecule has 2 unspecified atom stereocenters. The Hall–Kier alpha value is -3.04. The molecule has 0 saturated carbocycles. The molecule has 10 heteroatoms. The zero-order valence-electron chi connectivity index (χ0n) is 19.7. The Bertz CT molecular complexity index is 1080. The number of carbonyl (C=O) groups is 1. The Kier molecular flexibility index (Phi) is 7.13. The van der Waals surface area contributed by atoms with Crippen molar-refractivity contribution in [1.82, 2.24) is 10.2 Å². The topological polar surface area (TPSA) is 91.2 Å². The fourth-order valence-corrected chi connectivity index (χ4v) is 5.05. The zero-order chi connectivity index (χ0) is 24.4. The lowest BCUT2D eigenvalue weighted by Crippen LogP contribution is -2.61. The number of nitro benzene ring substituents is 1. The van der Waals surface area contributed by atoms with Crippen LogP contribution < -0.4 is 19.9 Å². The highest BCUT2D eigenvalue weighted by Gasteiger charge is 2.42. The van der Waals surface area contributed by atoms with Crippen molar-refractivity contribution in [2.45, 2.75) is 12.5 Å². The van der Waals surface area contributed by atoms with Gasteiger partial charge in [-0.05, 0) is 50.3 Å². The molecule has 0 aliphatic carbocycles. The lowest BCUT2D eigenvalue weighted by molar-refractivity contribution is -0.384. The summed E-state index contributed by atoms with van der Waals surface area (Å²) in [6.07, 6.45) is 0.451. The van der Waals surface area contributed by atoms with Crippen molar-refractivity contribution < 1.29 is 14.5 Å². The molecule has 1 N–H and O–H groups in total. The highest BCUT2D eigenvalue weighted by molar-refractivity contribution is 6.31. The number of ether oxygens (including phenoxy) is 1. The van der Waals surface area contributed by atoms with E-state index in [1.165, 1.54) is 0 Å². The highest BCUT2D eigenvalue weighted by atomic mass is 35.5. The standard InChI is InChI=1S/C24H30ClN5O4/c1-27(2)9-8-26-24(31)19-13-16-12-18(30(32)33)5-6-20(16)29-11-10-28(15-22(19)29)21-14-17(25)4-7-23(21)34-3/h4-7,12,14,19,22H,8-11,13,15H2,1-3H3,(H,26,31). The first-order valence-electron chi connectivity index (χ1n) is 11.3. The van der Waals surface area contributed by atoms with Gasteiger partial charge in [0.1, 0.15) is 5.75 Å². The number of carbonyl (C=O) groups excluding carboxylic acids is 1. The predicted octanol–water partition coefficient (Wildman–Crippen LogP) is 2.80. The molecule has 2 atom stereocenters. The van der Waals surface area contributed by atoms with Crippen LogP contribution in [0.5, 0.6) is 5.75 Å². The normalized spacial score (nSPS) is 19.4. The number of fused-ring (bicyclic) bond motifs is 3. The number of non-ortho nitro benzene ring substituents is 1. The molecule has 4 rings (SSSR count). The first kappa shape index (κ1) is 24.1. The number of piperazine rings is 1. The average molecular weight is 488 g/mol. The van der Waals surface area contributed by atoms with Crippen molar-refractivity contribution in [2.24, 2.45) is 5.92 Å². The summed E-state index contributed by atoms with van der Waals surface area (Å²) in [5.41, 5.74) is 2.75. The number of rotatable bonds is 7. The monoisotopic (exact) mass is 487 g/mol. The van der Waals surface area contributed by atoms with Crippen molar-refractivity contribution in [1.29, 1.82) is 0 Å². The summed E-state index contributed by atoms with van der Waals surface area (Å²) in [4.78, 5) is 30.8. The van der Waals surface area contributed by atoms with Crippen LogP contribution in [-0.2, 0) is 11.2 Å². The number of nitrogens with zero attached hydrogens (tertiary/aromatic N) is 4. The molecule has 2 aliphatic rings. The SMILES string of the molecule is COc1ccc(Cl)cc1N1CCN2c3ccc([N+](=O)[O-])cc3CC(C(=O)NCCN(C)C)C2C1. The van der Waals surface area contributed by atoms with Gasteiger partial charge in [-0.3, -0.25) is 14.9 Å². The number of amides is 1. The van der Waals surface area contributed by atoms with Gasteiger partial charge in [-0.1, -0.05) is 11.6 Å². The van der Waals surface area contributed by atoms with Crippen LogP contribution in [0.15, 0.2) is 36.4 Å². The van der Waals surface area contributed by atoms with Crippen LogP contribution in [0.4, 0.5) is 17.1 Å². The maximum Gasteiger partial charge on any atom is 0.269 e. The van der Waals surface area contributed by atoms with Gasteiger partial charge in [0.25, 0.3) is 5.69 Å². The smallest absolute Gasteiger partial charge is 0.269 e. The van der Waals surface area contributed by atoms with Gasteiger partial charge in [0.05, 0.1) is 29.7 Å². The molecule has 1 fully saturated rings. The molecule has 2 aliphatic heterocycles. The third-order valence-electron chi connectivity index (χ3n) is 6.58. The minimum absolute atomic E-state index is 0.0334. The maximum absolute atomic E-state index is 13.3. The number of halogens is 1. The molecular weight excluding hydrogens is 458 g/mol. The molecule has 1 saturated heterocycles. The minimum Gasteiger partial charge on any atom is -0.495 e. The molecule has 0 aromatic heterocycles. The molecular formula is C24H30ClN5O4. The molecule has 182 valence electrons. The molecule has 0 bridgehead atoms. The van der Waals surface area contributed by atoms with E-state index in [1.807, 2.05) is 37.2 Å². The first-order chi connectivity index (χ1) is 16.3. The fourth-order valence-electron chi connectivity index (χ4n) is 4.89. The van der Waals surface area contributed by atoms with E-state index in [4.69, 9.17) is 16.3 Å². The fraction of sp³-hybridized carbons (Fsp3) is 0.458. The van der Waals surface area contributed by atoms with Crippen molar-refractivity contribution in [2.75, 3.05) is 63.7 Å². The average Bonchev–Trinajstić information content (AvgIpc) is 2.82. The molecule has 34 heavy (non-hydrogen) atoms. The van der Waals surface area contributed by atoms with E-state index in [0.717, 1.165) is 29.2 Å². The Labute approximate surface area is 204 Å². The highest BCUT2D eigenvalue weighted by Crippen LogP contribution is 2.40. The number of anilines is 2. The van der Waals surface area contributed by atoms with Crippen LogP contribution in [0.25, 0.3) is 0 Å². The maximum atomic E-state index is 13.3. The lowest BCUT2D eigenvalue weighted by Gasteiger charge is -2.49. The zero-order valence-corrected chi connectivity index (χ0v) is 20.4. The van der Waals surface area contributed by atoms with E-state index in [0.29, 0.717) is 37.6 Å². The number of nitrogens with one attached hydrogen (secondary N) is 1. The van der Waals surface area contributed by atoms with E-state index in [9.17, 15) is 14.9 Å². The van der Waals surface area contributed by atoms with Crippen molar-refractivity contribution in [3.8, 4) is 5.75 Å². The molecule has 2 aromatic carbocycles.